The third-order valence-corrected chi connectivity index (χ3v) is 5.02. The van der Waals surface area contributed by atoms with Crippen LogP contribution in [0.2, 0.25) is 0 Å². The summed E-state index contributed by atoms with van der Waals surface area (Å²) in [6, 6.07) is 16.2. The highest BCUT2D eigenvalue weighted by Crippen LogP contribution is 2.13. The number of aryl methyl sites for hydroxylation is 1. The first-order chi connectivity index (χ1) is 12.0. The standard InChI is InChI=1S/C19H22N2O3S/c1-16-6-8-19(9-7-16)25(22,23)24-13-3-11-21-12-10-17-4-2-5-18(14-17)15-20/h2,4-9,14,21H,3,10-13H2,1H3. The van der Waals surface area contributed by atoms with Gasteiger partial charge in [-0.25, -0.2) is 0 Å². The van der Waals surface area contributed by atoms with Gasteiger partial charge in [0.1, 0.15) is 0 Å². The number of hydrogen-bond acceptors (Lipinski definition) is 5. The van der Waals surface area contributed by atoms with Crippen molar-refractivity contribution in [1.29, 1.82) is 5.26 Å². The molecular weight excluding hydrogens is 336 g/mol. The summed E-state index contributed by atoms with van der Waals surface area (Å²) in [5.41, 5.74) is 2.76. The Bertz CT molecular complexity index is 824. The van der Waals surface area contributed by atoms with Crippen LogP contribution in [-0.4, -0.2) is 28.1 Å². The number of nitriles is 1. The summed E-state index contributed by atoms with van der Waals surface area (Å²) in [4.78, 5) is 0.184. The first-order valence-corrected chi connectivity index (χ1v) is 9.58. The fourth-order valence-electron chi connectivity index (χ4n) is 2.29. The van der Waals surface area contributed by atoms with Crippen molar-refractivity contribution < 1.29 is 12.6 Å². The molecule has 5 nitrogen and oxygen atoms in total. The van der Waals surface area contributed by atoms with E-state index in [1.807, 2.05) is 25.1 Å². The molecule has 0 unspecified atom stereocenters. The maximum absolute atomic E-state index is 12.0. The minimum Gasteiger partial charge on any atom is -0.316 e. The van der Waals surface area contributed by atoms with Crippen molar-refractivity contribution in [1.82, 2.24) is 5.32 Å². The molecule has 2 aromatic rings. The third-order valence-electron chi connectivity index (χ3n) is 3.69. The summed E-state index contributed by atoms with van der Waals surface area (Å²) >= 11 is 0. The highest BCUT2D eigenvalue weighted by atomic mass is 32.2. The van der Waals surface area contributed by atoms with Gasteiger partial charge in [0.2, 0.25) is 0 Å². The molecule has 0 fully saturated rings. The maximum atomic E-state index is 12.0. The van der Waals surface area contributed by atoms with Crippen molar-refractivity contribution in [3.05, 3.63) is 65.2 Å². The van der Waals surface area contributed by atoms with Crippen molar-refractivity contribution >= 4 is 10.1 Å². The number of hydrogen-bond donors (Lipinski definition) is 1. The molecule has 0 aliphatic heterocycles. The van der Waals surface area contributed by atoms with Crippen molar-refractivity contribution in [3.8, 4) is 6.07 Å². The van der Waals surface area contributed by atoms with Gasteiger partial charge in [-0.05, 0) is 62.7 Å². The van der Waals surface area contributed by atoms with Gasteiger partial charge in [-0.2, -0.15) is 13.7 Å². The topological polar surface area (TPSA) is 79.2 Å². The van der Waals surface area contributed by atoms with Crippen LogP contribution < -0.4 is 5.32 Å². The van der Waals surface area contributed by atoms with Gasteiger partial charge in [0.05, 0.1) is 23.1 Å². The Morgan fingerprint density at radius 2 is 1.88 bits per heavy atom. The Morgan fingerprint density at radius 3 is 2.60 bits per heavy atom. The predicted octanol–water partition coefficient (Wildman–Crippen LogP) is 2.79. The summed E-state index contributed by atoms with van der Waals surface area (Å²) in [6.45, 7) is 3.48. The number of benzene rings is 2. The molecule has 6 heteroatoms. The molecule has 0 radical (unpaired) electrons. The van der Waals surface area contributed by atoms with Gasteiger partial charge in [0.15, 0.2) is 0 Å². The molecule has 0 heterocycles. The molecule has 0 saturated carbocycles. The molecule has 1 N–H and O–H groups in total. The van der Waals surface area contributed by atoms with Crippen molar-refractivity contribution in [2.45, 2.75) is 24.7 Å². The van der Waals surface area contributed by atoms with Crippen molar-refractivity contribution in [2.75, 3.05) is 19.7 Å². The number of nitrogens with one attached hydrogen (secondary N) is 1. The Labute approximate surface area is 149 Å². The van der Waals surface area contributed by atoms with E-state index in [0.717, 1.165) is 24.1 Å². The van der Waals surface area contributed by atoms with Crippen LogP contribution in [0.3, 0.4) is 0 Å². The highest BCUT2D eigenvalue weighted by Gasteiger charge is 2.14. The monoisotopic (exact) mass is 358 g/mol. The second-order valence-electron chi connectivity index (χ2n) is 5.75. The summed E-state index contributed by atoms with van der Waals surface area (Å²) < 4.78 is 29.1. The van der Waals surface area contributed by atoms with Crippen LogP contribution in [0.25, 0.3) is 0 Å². The van der Waals surface area contributed by atoms with E-state index >= 15 is 0 Å². The van der Waals surface area contributed by atoms with E-state index in [4.69, 9.17) is 9.44 Å². The van der Waals surface area contributed by atoms with Crippen molar-refractivity contribution in [2.24, 2.45) is 0 Å². The molecule has 0 saturated heterocycles. The van der Waals surface area contributed by atoms with E-state index in [1.165, 1.54) is 0 Å². The zero-order valence-electron chi connectivity index (χ0n) is 14.2. The molecule has 0 atom stereocenters. The Balaban J connectivity index is 1.64. The SMILES string of the molecule is Cc1ccc(S(=O)(=O)OCCCNCCc2cccc(C#N)c2)cc1. The van der Waals surface area contributed by atoms with Gasteiger partial charge in [-0.1, -0.05) is 29.8 Å². The van der Waals surface area contributed by atoms with E-state index in [2.05, 4.69) is 11.4 Å². The van der Waals surface area contributed by atoms with E-state index < -0.39 is 10.1 Å². The number of rotatable bonds is 9. The maximum Gasteiger partial charge on any atom is 0.296 e. The van der Waals surface area contributed by atoms with Gasteiger partial charge < -0.3 is 5.32 Å². The van der Waals surface area contributed by atoms with E-state index in [0.29, 0.717) is 18.5 Å². The van der Waals surface area contributed by atoms with Crippen LogP contribution in [0.1, 0.15) is 23.1 Å². The Hall–Kier alpha value is -2.20. The molecule has 0 spiro atoms. The van der Waals surface area contributed by atoms with Gasteiger partial charge in [0.25, 0.3) is 10.1 Å². The van der Waals surface area contributed by atoms with Gasteiger partial charge in [-0.15, -0.1) is 0 Å². The molecule has 2 aromatic carbocycles. The Kier molecular flexibility index (Phi) is 7.14. The van der Waals surface area contributed by atoms with Crippen LogP contribution in [-0.2, 0) is 20.7 Å². The second kappa shape index (κ2) is 9.33. The van der Waals surface area contributed by atoms with Crippen molar-refractivity contribution in [3.63, 3.8) is 0 Å². The van der Waals surface area contributed by atoms with Crippen LogP contribution in [0.15, 0.2) is 53.4 Å². The average Bonchev–Trinajstić information content (AvgIpc) is 2.61. The minimum absolute atomic E-state index is 0.146. The Morgan fingerprint density at radius 1 is 1.12 bits per heavy atom. The average molecular weight is 358 g/mol. The quantitative estimate of drug-likeness (QED) is 0.551. The van der Waals surface area contributed by atoms with E-state index in [9.17, 15) is 8.42 Å². The first-order valence-electron chi connectivity index (χ1n) is 8.17. The molecule has 0 aliphatic carbocycles. The second-order valence-corrected chi connectivity index (χ2v) is 7.37. The lowest BCUT2D eigenvalue weighted by molar-refractivity contribution is 0.310. The fraction of sp³-hybridized carbons (Fsp3) is 0.316. The summed E-state index contributed by atoms with van der Waals surface area (Å²) in [5, 5.41) is 12.1. The fourth-order valence-corrected chi connectivity index (χ4v) is 3.24. The summed E-state index contributed by atoms with van der Waals surface area (Å²) in [7, 11) is -3.68. The molecular formula is C19H22N2O3S. The van der Waals surface area contributed by atoms with E-state index in [-0.39, 0.29) is 11.5 Å². The summed E-state index contributed by atoms with van der Waals surface area (Å²) in [5.74, 6) is 0. The highest BCUT2D eigenvalue weighted by molar-refractivity contribution is 7.86. The third kappa shape index (κ3) is 6.31. The molecule has 0 amide bonds. The zero-order chi connectivity index (χ0) is 18.1. The molecule has 0 aliphatic rings. The largest absolute Gasteiger partial charge is 0.316 e. The summed E-state index contributed by atoms with van der Waals surface area (Å²) in [6.07, 6.45) is 1.42. The lowest BCUT2D eigenvalue weighted by Gasteiger charge is -2.07. The normalized spacial score (nSPS) is 11.2. The van der Waals surface area contributed by atoms with E-state index in [1.54, 1.807) is 30.3 Å². The predicted molar refractivity (Wildman–Crippen MR) is 96.7 cm³/mol. The zero-order valence-corrected chi connectivity index (χ0v) is 15.1. The van der Waals surface area contributed by atoms with Crippen LogP contribution >= 0.6 is 0 Å². The first kappa shape index (κ1) is 19.1. The lowest BCUT2D eigenvalue weighted by Crippen LogP contribution is -2.20. The smallest absolute Gasteiger partial charge is 0.296 e. The van der Waals surface area contributed by atoms with Crippen LogP contribution in [0.4, 0.5) is 0 Å². The van der Waals surface area contributed by atoms with Gasteiger partial charge in [-0.3, -0.25) is 4.18 Å². The molecule has 2 rings (SSSR count). The van der Waals surface area contributed by atoms with Gasteiger partial charge >= 0.3 is 0 Å². The lowest BCUT2D eigenvalue weighted by atomic mass is 10.1. The molecule has 25 heavy (non-hydrogen) atoms. The molecule has 132 valence electrons. The van der Waals surface area contributed by atoms with Crippen LogP contribution in [0.5, 0.6) is 0 Å². The van der Waals surface area contributed by atoms with Crippen LogP contribution in [0, 0.1) is 18.3 Å². The number of nitrogens with zero attached hydrogens (tertiary/aromatic N) is 1. The molecule has 0 aromatic heterocycles. The minimum atomic E-state index is -3.68. The molecule has 0 bridgehead atoms. The van der Waals surface area contributed by atoms with Gasteiger partial charge in [0, 0.05) is 0 Å².